The molecule has 1 nitrogen and oxygen atoms in total. The first-order chi connectivity index (χ1) is 9.24. The maximum Gasteiger partial charge on any atom is 0.129 e. The fourth-order valence-corrected chi connectivity index (χ4v) is 1.91. The summed E-state index contributed by atoms with van der Waals surface area (Å²) in [5.41, 5.74) is 3.31. The molecule has 0 saturated carbocycles. The van der Waals surface area contributed by atoms with Gasteiger partial charge >= 0.3 is 0 Å². The molecule has 0 atom stereocenters. The largest absolute Gasteiger partial charge is 0.493 e. The molecule has 0 heterocycles. The zero-order chi connectivity index (χ0) is 14.1. The van der Waals surface area contributed by atoms with Crippen molar-refractivity contribution in [3.63, 3.8) is 0 Å². The van der Waals surface area contributed by atoms with Crippen LogP contribution in [0.3, 0.4) is 0 Å². The molecule has 0 saturated heterocycles. The van der Waals surface area contributed by atoms with Gasteiger partial charge in [-0.05, 0) is 31.9 Å². The molecule has 1 aromatic rings. The van der Waals surface area contributed by atoms with Crippen LogP contribution < -0.4 is 0 Å². The number of ether oxygens (including phenoxy) is 1. The Morgan fingerprint density at radius 2 is 1.95 bits per heavy atom. The van der Waals surface area contributed by atoms with E-state index in [9.17, 15) is 0 Å². The number of allylic oxidation sites excluding steroid dienone is 6. The first-order valence-corrected chi connectivity index (χ1v) is 6.59. The standard InChI is InChI=1S/C18H22O/c1-5-11-15(4)18(19-7-3)17(12-6-2)16-13-9-8-10-14-16/h5-6,8-14H,2,7H2,1,3-4H3/b11-5+,17-12-,18-15-. The number of rotatable bonds is 6. The third kappa shape index (κ3) is 4.29. The third-order valence-corrected chi connectivity index (χ3v) is 2.68. The van der Waals surface area contributed by atoms with Crippen molar-refractivity contribution in [2.45, 2.75) is 20.8 Å². The molecule has 0 amide bonds. The summed E-state index contributed by atoms with van der Waals surface area (Å²) in [7, 11) is 0. The highest BCUT2D eigenvalue weighted by Crippen LogP contribution is 2.27. The summed E-state index contributed by atoms with van der Waals surface area (Å²) >= 11 is 0. The van der Waals surface area contributed by atoms with E-state index < -0.39 is 0 Å². The van der Waals surface area contributed by atoms with E-state index in [2.05, 4.69) is 31.7 Å². The van der Waals surface area contributed by atoms with Crippen LogP contribution in [0, 0.1) is 0 Å². The highest BCUT2D eigenvalue weighted by atomic mass is 16.5. The Labute approximate surface area is 116 Å². The van der Waals surface area contributed by atoms with Crippen molar-refractivity contribution in [2.24, 2.45) is 0 Å². The summed E-state index contributed by atoms with van der Waals surface area (Å²) in [6.45, 7) is 10.5. The van der Waals surface area contributed by atoms with Gasteiger partial charge < -0.3 is 4.74 Å². The van der Waals surface area contributed by atoms with Crippen molar-refractivity contribution in [2.75, 3.05) is 6.61 Å². The Kier molecular flexibility index (Phi) is 6.45. The molecule has 1 heteroatoms. The van der Waals surface area contributed by atoms with Gasteiger partial charge in [0, 0.05) is 5.57 Å². The van der Waals surface area contributed by atoms with E-state index in [0.717, 1.165) is 22.5 Å². The second-order valence-corrected chi connectivity index (χ2v) is 4.13. The van der Waals surface area contributed by atoms with Gasteiger partial charge in [0.2, 0.25) is 0 Å². The maximum atomic E-state index is 5.84. The molecule has 100 valence electrons. The summed E-state index contributed by atoms with van der Waals surface area (Å²) in [6, 6.07) is 10.2. The summed E-state index contributed by atoms with van der Waals surface area (Å²) < 4.78 is 5.84. The fraction of sp³-hybridized carbons (Fsp3) is 0.222. The van der Waals surface area contributed by atoms with Gasteiger partial charge in [0.1, 0.15) is 5.76 Å². The number of benzene rings is 1. The molecule has 1 aromatic carbocycles. The van der Waals surface area contributed by atoms with E-state index in [-0.39, 0.29) is 0 Å². The topological polar surface area (TPSA) is 9.23 Å². The average Bonchev–Trinajstić information content (AvgIpc) is 2.44. The molecular weight excluding hydrogens is 232 g/mol. The van der Waals surface area contributed by atoms with E-state index in [1.807, 2.05) is 44.2 Å². The van der Waals surface area contributed by atoms with Crippen LogP contribution in [-0.4, -0.2) is 6.61 Å². The second-order valence-electron chi connectivity index (χ2n) is 4.13. The smallest absolute Gasteiger partial charge is 0.129 e. The van der Waals surface area contributed by atoms with Crippen molar-refractivity contribution >= 4 is 5.57 Å². The highest BCUT2D eigenvalue weighted by molar-refractivity contribution is 5.79. The Hall–Kier alpha value is -2.02. The predicted molar refractivity (Wildman–Crippen MR) is 83.8 cm³/mol. The van der Waals surface area contributed by atoms with E-state index in [4.69, 9.17) is 4.74 Å². The average molecular weight is 254 g/mol. The van der Waals surface area contributed by atoms with Gasteiger partial charge in [-0.25, -0.2) is 0 Å². The Morgan fingerprint density at radius 3 is 2.47 bits per heavy atom. The first-order valence-electron chi connectivity index (χ1n) is 6.59. The molecule has 0 fully saturated rings. The predicted octanol–water partition coefficient (Wildman–Crippen LogP) is 5.14. The molecular formula is C18H22O. The van der Waals surface area contributed by atoms with Crippen LogP contribution in [0.1, 0.15) is 26.3 Å². The molecule has 0 bridgehead atoms. The minimum Gasteiger partial charge on any atom is -0.493 e. The molecule has 0 aliphatic carbocycles. The van der Waals surface area contributed by atoms with Crippen LogP contribution in [0.4, 0.5) is 0 Å². The lowest BCUT2D eigenvalue weighted by Gasteiger charge is -2.15. The van der Waals surface area contributed by atoms with Gasteiger partial charge in [-0.3, -0.25) is 0 Å². The van der Waals surface area contributed by atoms with Gasteiger partial charge in [0.15, 0.2) is 0 Å². The minimum absolute atomic E-state index is 0.644. The fourth-order valence-electron chi connectivity index (χ4n) is 1.91. The van der Waals surface area contributed by atoms with Crippen LogP contribution in [0.2, 0.25) is 0 Å². The third-order valence-electron chi connectivity index (χ3n) is 2.68. The Morgan fingerprint density at radius 1 is 1.26 bits per heavy atom. The normalized spacial score (nSPS) is 13.3. The molecule has 0 spiro atoms. The van der Waals surface area contributed by atoms with Crippen LogP contribution >= 0.6 is 0 Å². The SMILES string of the molecule is C=C\C=C(/C(OCC)=C(C)/C=C/C)c1ccccc1. The molecule has 0 unspecified atom stereocenters. The van der Waals surface area contributed by atoms with Crippen molar-refractivity contribution in [3.8, 4) is 0 Å². The quantitative estimate of drug-likeness (QED) is 0.504. The van der Waals surface area contributed by atoms with Crippen molar-refractivity contribution in [1.29, 1.82) is 0 Å². The van der Waals surface area contributed by atoms with E-state index in [0.29, 0.717) is 6.61 Å². The van der Waals surface area contributed by atoms with E-state index >= 15 is 0 Å². The van der Waals surface area contributed by atoms with E-state index in [1.54, 1.807) is 6.08 Å². The monoisotopic (exact) mass is 254 g/mol. The first kappa shape index (κ1) is 15.0. The zero-order valence-corrected chi connectivity index (χ0v) is 12.0. The molecule has 19 heavy (non-hydrogen) atoms. The number of hydrogen-bond acceptors (Lipinski definition) is 1. The summed E-state index contributed by atoms with van der Waals surface area (Å²) in [4.78, 5) is 0. The molecule has 1 rings (SSSR count). The molecule has 0 aliphatic rings. The lowest BCUT2D eigenvalue weighted by molar-refractivity contribution is 0.243. The van der Waals surface area contributed by atoms with Crippen LogP contribution in [-0.2, 0) is 4.74 Å². The highest BCUT2D eigenvalue weighted by Gasteiger charge is 2.10. The second kappa shape index (κ2) is 8.15. The lowest BCUT2D eigenvalue weighted by Crippen LogP contribution is -1.99. The molecule has 0 N–H and O–H groups in total. The van der Waals surface area contributed by atoms with E-state index in [1.165, 1.54) is 0 Å². The Bertz CT molecular complexity index is 490. The molecule has 0 radical (unpaired) electrons. The Balaban J connectivity index is 3.34. The van der Waals surface area contributed by atoms with Gasteiger partial charge in [-0.15, -0.1) is 0 Å². The van der Waals surface area contributed by atoms with Gasteiger partial charge in [-0.2, -0.15) is 0 Å². The van der Waals surface area contributed by atoms with Crippen molar-refractivity contribution in [3.05, 3.63) is 78.1 Å². The number of hydrogen-bond donors (Lipinski definition) is 0. The van der Waals surface area contributed by atoms with Crippen molar-refractivity contribution in [1.82, 2.24) is 0 Å². The maximum absolute atomic E-state index is 5.84. The summed E-state index contributed by atoms with van der Waals surface area (Å²) in [6.07, 6.45) is 7.87. The summed E-state index contributed by atoms with van der Waals surface area (Å²) in [5, 5.41) is 0. The molecule has 0 aromatic heterocycles. The summed E-state index contributed by atoms with van der Waals surface area (Å²) in [5.74, 6) is 0.909. The molecule has 0 aliphatic heterocycles. The zero-order valence-electron chi connectivity index (χ0n) is 12.0. The minimum atomic E-state index is 0.644. The van der Waals surface area contributed by atoms with Crippen LogP contribution in [0.15, 0.2) is 72.5 Å². The van der Waals surface area contributed by atoms with Gasteiger partial charge in [0.05, 0.1) is 6.61 Å². The van der Waals surface area contributed by atoms with Gasteiger partial charge in [-0.1, -0.05) is 61.2 Å². The van der Waals surface area contributed by atoms with Crippen LogP contribution in [0.5, 0.6) is 0 Å². The van der Waals surface area contributed by atoms with Gasteiger partial charge in [0.25, 0.3) is 0 Å². The lowest BCUT2D eigenvalue weighted by atomic mass is 10.0. The van der Waals surface area contributed by atoms with Crippen LogP contribution in [0.25, 0.3) is 5.57 Å². The van der Waals surface area contributed by atoms with Crippen molar-refractivity contribution < 1.29 is 4.74 Å².